The van der Waals surface area contributed by atoms with E-state index >= 15 is 0 Å². The first-order valence-corrected chi connectivity index (χ1v) is 12.0. The van der Waals surface area contributed by atoms with Crippen LogP contribution in [0, 0.1) is 0 Å². The zero-order chi connectivity index (χ0) is 31.5. The first-order valence-electron chi connectivity index (χ1n) is 12.0. The summed E-state index contributed by atoms with van der Waals surface area (Å²) < 4.78 is 172. The molecule has 0 spiro atoms. The van der Waals surface area contributed by atoms with E-state index in [0.717, 1.165) is 6.07 Å². The fourth-order valence-electron chi connectivity index (χ4n) is 4.57. The maximum atomic E-state index is 13.5. The van der Waals surface area contributed by atoms with Gasteiger partial charge in [0.25, 0.3) is 0 Å². The van der Waals surface area contributed by atoms with Crippen molar-refractivity contribution >= 4 is 0 Å². The van der Waals surface area contributed by atoms with Crippen molar-refractivity contribution in [1.82, 2.24) is 0 Å². The Kier molecular flexibility index (Phi) is 7.09. The Hall–Kier alpha value is -4.36. The van der Waals surface area contributed by atoms with Crippen LogP contribution in [0.2, 0.25) is 0 Å². The van der Waals surface area contributed by atoms with Gasteiger partial charge in [0.2, 0.25) is 0 Å². The van der Waals surface area contributed by atoms with Crippen LogP contribution in [0.3, 0.4) is 0 Å². The second-order valence-corrected chi connectivity index (χ2v) is 9.44. The standard InChI is InChI=1S/C29H14F12O2/c30-26(31,32)15-8-16(27(33,34)35)11-19(10-15)42-24-6-5-22-21-4-2-1-3-14(21)7-23(22)25(24)43-20-12-17(28(36,37)38)9-18(13-20)29(39,40)41/h1-6,8-13H,7H2. The lowest BCUT2D eigenvalue weighted by atomic mass is 10.0. The number of alkyl halides is 12. The summed E-state index contributed by atoms with van der Waals surface area (Å²) in [6.07, 6.45) is -20.9. The second kappa shape index (κ2) is 10.1. The molecule has 14 heteroatoms. The summed E-state index contributed by atoms with van der Waals surface area (Å²) in [6.45, 7) is 0. The molecule has 2 nitrogen and oxygen atoms in total. The second-order valence-electron chi connectivity index (χ2n) is 9.44. The zero-order valence-electron chi connectivity index (χ0n) is 21.0. The third-order valence-electron chi connectivity index (χ3n) is 6.47. The lowest BCUT2D eigenvalue weighted by molar-refractivity contribution is -0.144. The minimum atomic E-state index is -5.22. The number of hydrogen-bond donors (Lipinski definition) is 0. The monoisotopic (exact) mass is 622 g/mol. The number of fused-ring (bicyclic) bond motifs is 3. The minimum Gasteiger partial charge on any atom is -0.453 e. The predicted molar refractivity (Wildman–Crippen MR) is 128 cm³/mol. The lowest BCUT2D eigenvalue weighted by Crippen LogP contribution is -2.11. The fraction of sp³-hybridized carbons (Fsp3) is 0.172. The fourth-order valence-corrected chi connectivity index (χ4v) is 4.57. The van der Waals surface area contributed by atoms with Crippen LogP contribution >= 0.6 is 0 Å². The smallest absolute Gasteiger partial charge is 0.416 e. The topological polar surface area (TPSA) is 18.5 Å². The van der Waals surface area contributed by atoms with Gasteiger partial charge in [-0.1, -0.05) is 30.3 Å². The third kappa shape index (κ3) is 6.22. The Bertz CT molecular complexity index is 1630. The van der Waals surface area contributed by atoms with Crippen LogP contribution in [0.4, 0.5) is 52.7 Å². The first-order chi connectivity index (χ1) is 19.8. The normalized spacial score (nSPS) is 13.5. The van der Waals surface area contributed by atoms with Crippen molar-refractivity contribution in [2.75, 3.05) is 0 Å². The van der Waals surface area contributed by atoms with E-state index in [2.05, 4.69) is 0 Å². The van der Waals surface area contributed by atoms with Gasteiger partial charge in [0.05, 0.1) is 22.3 Å². The molecule has 0 N–H and O–H groups in total. The van der Waals surface area contributed by atoms with Crippen LogP contribution in [-0.4, -0.2) is 0 Å². The molecule has 226 valence electrons. The summed E-state index contributed by atoms with van der Waals surface area (Å²) in [4.78, 5) is 0. The number of benzene rings is 4. The molecular formula is C29H14F12O2. The van der Waals surface area contributed by atoms with Crippen molar-refractivity contribution in [3.8, 4) is 34.1 Å². The van der Waals surface area contributed by atoms with E-state index in [1.807, 2.05) is 0 Å². The molecule has 0 aromatic heterocycles. The molecule has 4 aromatic carbocycles. The Morgan fingerprint density at radius 2 is 0.907 bits per heavy atom. The molecule has 0 saturated carbocycles. The van der Waals surface area contributed by atoms with Gasteiger partial charge in [-0.15, -0.1) is 0 Å². The van der Waals surface area contributed by atoms with Gasteiger partial charge in [-0.25, -0.2) is 0 Å². The number of halogens is 12. The van der Waals surface area contributed by atoms with Gasteiger partial charge in [0.1, 0.15) is 11.5 Å². The van der Waals surface area contributed by atoms with Crippen molar-refractivity contribution in [2.24, 2.45) is 0 Å². The highest BCUT2D eigenvalue weighted by Crippen LogP contribution is 2.50. The Labute approximate surface area is 234 Å². The van der Waals surface area contributed by atoms with Gasteiger partial charge in [-0.05, 0) is 59.2 Å². The molecule has 4 aromatic rings. The van der Waals surface area contributed by atoms with Crippen molar-refractivity contribution < 1.29 is 62.2 Å². The predicted octanol–water partition coefficient (Wildman–Crippen LogP) is 10.9. The van der Waals surface area contributed by atoms with E-state index in [1.165, 1.54) is 6.07 Å². The highest BCUT2D eigenvalue weighted by Gasteiger charge is 2.39. The first kappa shape index (κ1) is 30.1. The van der Waals surface area contributed by atoms with Gasteiger partial charge in [-0.2, -0.15) is 52.7 Å². The largest absolute Gasteiger partial charge is 0.453 e. The molecule has 0 heterocycles. The summed E-state index contributed by atoms with van der Waals surface area (Å²) in [5.74, 6) is -2.95. The molecule has 0 saturated heterocycles. The minimum absolute atomic E-state index is 0.0134. The van der Waals surface area contributed by atoms with Gasteiger partial charge < -0.3 is 9.47 Å². The van der Waals surface area contributed by atoms with Crippen molar-refractivity contribution in [2.45, 2.75) is 31.1 Å². The van der Waals surface area contributed by atoms with Gasteiger partial charge in [0, 0.05) is 12.0 Å². The molecule has 5 rings (SSSR count). The Morgan fingerprint density at radius 3 is 1.37 bits per heavy atom. The van der Waals surface area contributed by atoms with Crippen LogP contribution < -0.4 is 9.47 Å². The highest BCUT2D eigenvalue weighted by molar-refractivity contribution is 5.81. The summed E-state index contributed by atoms with van der Waals surface area (Å²) in [5, 5.41) is 0. The zero-order valence-corrected chi connectivity index (χ0v) is 21.0. The van der Waals surface area contributed by atoms with E-state index in [-0.39, 0.29) is 48.4 Å². The molecule has 0 bridgehead atoms. The van der Waals surface area contributed by atoms with Crippen molar-refractivity contribution in [1.29, 1.82) is 0 Å². The van der Waals surface area contributed by atoms with Gasteiger partial charge in [-0.3, -0.25) is 0 Å². The molecule has 0 atom stereocenters. The van der Waals surface area contributed by atoms with Crippen molar-refractivity contribution in [3.05, 3.63) is 106 Å². The molecule has 0 fully saturated rings. The van der Waals surface area contributed by atoms with Crippen LogP contribution in [0.15, 0.2) is 72.8 Å². The average molecular weight is 622 g/mol. The van der Waals surface area contributed by atoms with Crippen LogP contribution in [0.1, 0.15) is 33.4 Å². The van der Waals surface area contributed by atoms with Crippen LogP contribution in [0.5, 0.6) is 23.0 Å². The van der Waals surface area contributed by atoms with Crippen LogP contribution in [-0.2, 0) is 31.1 Å². The molecule has 0 radical (unpaired) electrons. The summed E-state index contributed by atoms with van der Waals surface area (Å²) >= 11 is 0. The molecular weight excluding hydrogens is 608 g/mol. The van der Waals surface area contributed by atoms with Crippen molar-refractivity contribution in [3.63, 3.8) is 0 Å². The Balaban J connectivity index is 1.68. The van der Waals surface area contributed by atoms with E-state index in [9.17, 15) is 52.7 Å². The number of ether oxygens (including phenoxy) is 2. The van der Waals surface area contributed by atoms with E-state index in [1.54, 1.807) is 24.3 Å². The molecule has 0 aliphatic heterocycles. The molecule has 0 amide bonds. The van der Waals surface area contributed by atoms with E-state index < -0.39 is 70.0 Å². The lowest BCUT2D eigenvalue weighted by Gasteiger charge is -2.19. The Morgan fingerprint density at radius 1 is 0.465 bits per heavy atom. The highest BCUT2D eigenvalue weighted by atomic mass is 19.4. The third-order valence-corrected chi connectivity index (χ3v) is 6.47. The molecule has 43 heavy (non-hydrogen) atoms. The summed E-state index contributed by atoms with van der Waals surface area (Å²) in [5.41, 5.74) is -4.95. The SMILES string of the molecule is FC(F)(F)c1cc(Oc2ccc3c(c2Oc2cc(C(F)(F)F)cc(C(F)(F)F)c2)Cc2ccccc2-3)cc(C(F)(F)F)c1. The average Bonchev–Trinajstić information content (AvgIpc) is 3.27. The number of hydrogen-bond acceptors (Lipinski definition) is 2. The van der Waals surface area contributed by atoms with E-state index in [0.29, 0.717) is 16.7 Å². The van der Waals surface area contributed by atoms with Crippen LogP contribution in [0.25, 0.3) is 11.1 Å². The molecule has 1 aliphatic rings. The quantitative estimate of drug-likeness (QED) is 0.186. The van der Waals surface area contributed by atoms with Gasteiger partial charge in [0.15, 0.2) is 11.5 Å². The number of rotatable bonds is 4. The molecule has 0 unspecified atom stereocenters. The maximum Gasteiger partial charge on any atom is 0.416 e. The maximum absolute atomic E-state index is 13.5. The van der Waals surface area contributed by atoms with Gasteiger partial charge >= 0.3 is 24.7 Å². The van der Waals surface area contributed by atoms with E-state index in [4.69, 9.17) is 9.47 Å². The molecule has 1 aliphatic carbocycles. The summed E-state index contributed by atoms with van der Waals surface area (Å²) in [6, 6.07) is 9.99. The summed E-state index contributed by atoms with van der Waals surface area (Å²) in [7, 11) is 0.